The molecule has 0 aliphatic carbocycles. The predicted octanol–water partition coefficient (Wildman–Crippen LogP) is 0.447. The third-order valence-corrected chi connectivity index (χ3v) is 1.01. The monoisotopic (exact) mass is 121 g/mol. The minimum absolute atomic E-state index is 0.275. The van der Waals surface area contributed by atoms with Gasteiger partial charge < -0.3 is 5.73 Å². The molecule has 1 aliphatic rings. The van der Waals surface area contributed by atoms with E-state index < -0.39 is 0 Å². The Labute approximate surface area is 53.1 Å². The van der Waals surface area contributed by atoms with Crippen LogP contribution < -0.4 is 5.73 Å². The van der Waals surface area contributed by atoms with E-state index >= 15 is 0 Å². The van der Waals surface area contributed by atoms with Gasteiger partial charge in [0.15, 0.2) is 5.84 Å². The second-order valence-corrected chi connectivity index (χ2v) is 1.61. The van der Waals surface area contributed by atoms with Crippen LogP contribution in [0.3, 0.4) is 0 Å². The van der Waals surface area contributed by atoms with Gasteiger partial charge in [-0.15, -0.1) is 0 Å². The smallest absolute Gasteiger partial charge is 0.151 e. The molecule has 0 radical (unpaired) electrons. The number of nitrogens with one attached hydrogen (secondary N) is 1. The highest BCUT2D eigenvalue weighted by molar-refractivity contribution is 6.11. The molecule has 1 heterocycles. The van der Waals surface area contributed by atoms with Crippen molar-refractivity contribution in [2.75, 3.05) is 0 Å². The van der Waals surface area contributed by atoms with Crippen LogP contribution in [0.15, 0.2) is 28.9 Å². The number of nitrogens with two attached hydrogens (primary N) is 1. The SMILES string of the molecule is N=C1N=CC=C1C=CN. The molecular formula is C6H7N3. The van der Waals surface area contributed by atoms with E-state index in [-0.39, 0.29) is 5.84 Å². The average Bonchev–Trinajstić information content (AvgIpc) is 2.18. The Hall–Kier alpha value is -1.38. The van der Waals surface area contributed by atoms with Gasteiger partial charge in [-0.1, -0.05) is 0 Å². The van der Waals surface area contributed by atoms with E-state index in [1.54, 1.807) is 18.4 Å². The molecule has 0 spiro atoms. The van der Waals surface area contributed by atoms with Gasteiger partial charge in [0.25, 0.3) is 0 Å². The first-order valence-electron chi connectivity index (χ1n) is 2.56. The first-order chi connectivity index (χ1) is 4.34. The lowest BCUT2D eigenvalue weighted by Gasteiger charge is -1.87. The third-order valence-electron chi connectivity index (χ3n) is 1.01. The Morgan fingerprint density at radius 2 is 2.44 bits per heavy atom. The predicted molar refractivity (Wildman–Crippen MR) is 37.6 cm³/mol. The molecule has 0 aromatic heterocycles. The Bertz CT molecular complexity index is 210. The van der Waals surface area contributed by atoms with Gasteiger partial charge in [-0.3, -0.25) is 5.41 Å². The van der Waals surface area contributed by atoms with Crippen molar-refractivity contribution in [1.29, 1.82) is 5.41 Å². The molecule has 0 aromatic carbocycles. The maximum atomic E-state index is 7.14. The molecule has 0 saturated carbocycles. The molecule has 3 nitrogen and oxygen atoms in total. The summed E-state index contributed by atoms with van der Waals surface area (Å²) < 4.78 is 0. The highest BCUT2D eigenvalue weighted by Crippen LogP contribution is 2.03. The van der Waals surface area contributed by atoms with Crippen LogP contribution in [-0.4, -0.2) is 12.1 Å². The maximum absolute atomic E-state index is 7.14. The topological polar surface area (TPSA) is 62.2 Å². The van der Waals surface area contributed by atoms with Crippen molar-refractivity contribution in [2.45, 2.75) is 0 Å². The van der Waals surface area contributed by atoms with Crippen molar-refractivity contribution in [3.8, 4) is 0 Å². The molecule has 3 N–H and O–H groups in total. The second-order valence-electron chi connectivity index (χ2n) is 1.61. The summed E-state index contributed by atoms with van der Waals surface area (Å²) in [7, 11) is 0. The van der Waals surface area contributed by atoms with Crippen LogP contribution in [0, 0.1) is 5.41 Å². The molecule has 0 bridgehead atoms. The Morgan fingerprint density at radius 3 is 2.89 bits per heavy atom. The van der Waals surface area contributed by atoms with Crippen molar-refractivity contribution in [1.82, 2.24) is 0 Å². The van der Waals surface area contributed by atoms with Gasteiger partial charge in [-0.25, -0.2) is 4.99 Å². The van der Waals surface area contributed by atoms with Crippen LogP contribution >= 0.6 is 0 Å². The normalized spacial score (nSPS) is 17.3. The minimum atomic E-state index is 0.275. The first kappa shape index (κ1) is 5.75. The van der Waals surface area contributed by atoms with Crippen LogP contribution in [0.4, 0.5) is 0 Å². The number of hydrogen-bond acceptors (Lipinski definition) is 2. The van der Waals surface area contributed by atoms with Gasteiger partial charge in [-0.05, 0) is 18.4 Å². The number of amidine groups is 1. The van der Waals surface area contributed by atoms with Crippen LogP contribution in [-0.2, 0) is 0 Å². The number of nitrogens with zero attached hydrogens (tertiary/aromatic N) is 1. The van der Waals surface area contributed by atoms with Crippen molar-refractivity contribution < 1.29 is 0 Å². The van der Waals surface area contributed by atoms with E-state index in [0.717, 1.165) is 5.57 Å². The summed E-state index contributed by atoms with van der Waals surface area (Å²) in [6.45, 7) is 0. The molecule has 0 unspecified atom stereocenters. The maximum Gasteiger partial charge on any atom is 0.151 e. The zero-order chi connectivity index (χ0) is 6.69. The quantitative estimate of drug-likeness (QED) is 0.519. The highest BCUT2D eigenvalue weighted by Gasteiger charge is 2.01. The van der Waals surface area contributed by atoms with Gasteiger partial charge in [0, 0.05) is 11.8 Å². The first-order valence-corrected chi connectivity index (χ1v) is 2.56. The van der Waals surface area contributed by atoms with Gasteiger partial charge >= 0.3 is 0 Å². The summed E-state index contributed by atoms with van der Waals surface area (Å²) in [6.07, 6.45) is 6.37. The summed E-state index contributed by atoms with van der Waals surface area (Å²) in [6, 6.07) is 0. The highest BCUT2D eigenvalue weighted by atomic mass is 14.8. The Morgan fingerprint density at radius 1 is 1.67 bits per heavy atom. The summed E-state index contributed by atoms with van der Waals surface area (Å²) in [5.74, 6) is 0.275. The molecule has 0 atom stereocenters. The van der Waals surface area contributed by atoms with Gasteiger partial charge in [0.2, 0.25) is 0 Å². The van der Waals surface area contributed by atoms with E-state index in [2.05, 4.69) is 4.99 Å². The summed E-state index contributed by atoms with van der Waals surface area (Å²) in [5.41, 5.74) is 5.86. The lowest BCUT2D eigenvalue weighted by molar-refractivity contribution is 1.45. The van der Waals surface area contributed by atoms with E-state index in [1.807, 2.05) is 0 Å². The van der Waals surface area contributed by atoms with Gasteiger partial charge in [0.05, 0.1) is 0 Å². The standard InChI is InChI=1S/C6H7N3/c7-3-1-5-2-4-9-6(5)8/h1-4,8H,7H2. The van der Waals surface area contributed by atoms with Gasteiger partial charge in [0.1, 0.15) is 0 Å². The lowest BCUT2D eigenvalue weighted by Crippen LogP contribution is -1.89. The van der Waals surface area contributed by atoms with Crippen molar-refractivity contribution in [2.24, 2.45) is 10.7 Å². The van der Waals surface area contributed by atoms with Crippen LogP contribution in [0.5, 0.6) is 0 Å². The molecule has 46 valence electrons. The molecule has 0 amide bonds. The molecule has 1 rings (SSSR count). The lowest BCUT2D eigenvalue weighted by atomic mass is 10.2. The summed E-state index contributed by atoms with van der Waals surface area (Å²) >= 11 is 0. The summed E-state index contributed by atoms with van der Waals surface area (Å²) in [4.78, 5) is 3.70. The fourth-order valence-electron chi connectivity index (χ4n) is 0.584. The van der Waals surface area contributed by atoms with E-state index in [9.17, 15) is 0 Å². The number of rotatable bonds is 1. The number of allylic oxidation sites excluding steroid dienone is 1. The van der Waals surface area contributed by atoms with Crippen LogP contribution in [0.25, 0.3) is 0 Å². The molecule has 1 aliphatic heterocycles. The summed E-state index contributed by atoms with van der Waals surface area (Å²) in [5, 5.41) is 7.14. The van der Waals surface area contributed by atoms with Crippen molar-refractivity contribution in [3.05, 3.63) is 23.9 Å². The fraction of sp³-hybridized carbons (Fsp3) is 0. The van der Waals surface area contributed by atoms with Crippen LogP contribution in [0.1, 0.15) is 0 Å². The third kappa shape index (κ3) is 1.05. The fourth-order valence-corrected chi connectivity index (χ4v) is 0.584. The zero-order valence-electron chi connectivity index (χ0n) is 4.83. The van der Waals surface area contributed by atoms with Crippen molar-refractivity contribution >= 4 is 12.1 Å². The van der Waals surface area contributed by atoms with E-state index in [0.29, 0.717) is 0 Å². The van der Waals surface area contributed by atoms with Gasteiger partial charge in [-0.2, -0.15) is 0 Å². The zero-order valence-corrected chi connectivity index (χ0v) is 4.83. The molecule has 9 heavy (non-hydrogen) atoms. The van der Waals surface area contributed by atoms with Crippen LogP contribution in [0.2, 0.25) is 0 Å². The van der Waals surface area contributed by atoms with E-state index in [4.69, 9.17) is 11.1 Å². The average molecular weight is 121 g/mol. The molecular weight excluding hydrogens is 114 g/mol. The molecule has 0 saturated heterocycles. The molecule has 3 heteroatoms. The van der Waals surface area contributed by atoms with E-state index in [1.165, 1.54) is 6.20 Å². The minimum Gasteiger partial charge on any atom is -0.405 e. The number of aliphatic imine (C=N–C) groups is 1. The molecule has 0 aromatic rings. The number of hydrogen-bond donors (Lipinski definition) is 2. The Balaban J connectivity index is 2.76. The largest absolute Gasteiger partial charge is 0.405 e. The second kappa shape index (κ2) is 2.26. The molecule has 0 fully saturated rings. The van der Waals surface area contributed by atoms with Crippen molar-refractivity contribution in [3.63, 3.8) is 0 Å². The Kier molecular flexibility index (Phi) is 1.44.